The minimum absolute atomic E-state index is 0.0652. The van der Waals surface area contributed by atoms with Gasteiger partial charge in [-0.05, 0) is 37.7 Å². The highest BCUT2D eigenvalue weighted by molar-refractivity contribution is 5.00. The van der Waals surface area contributed by atoms with Crippen molar-refractivity contribution < 1.29 is 4.74 Å². The van der Waals surface area contributed by atoms with E-state index in [-0.39, 0.29) is 5.60 Å². The summed E-state index contributed by atoms with van der Waals surface area (Å²) in [6.45, 7) is 3.67. The van der Waals surface area contributed by atoms with Gasteiger partial charge in [0.25, 0.3) is 0 Å². The summed E-state index contributed by atoms with van der Waals surface area (Å²) in [6, 6.07) is 2.05. The highest BCUT2D eigenvalue weighted by Gasteiger charge is 2.34. The Morgan fingerprint density at radius 1 is 1.47 bits per heavy atom. The number of aromatic nitrogens is 2. The lowest BCUT2D eigenvalue weighted by Crippen LogP contribution is -2.44. The van der Waals surface area contributed by atoms with E-state index in [0.29, 0.717) is 6.54 Å². The van der Waals surface area contributed by atoms with Gasteiger partial charge in [0.05, 0.1) is 12.2 Å². The van der Waals surface area contributed by atoms with Gasteiger partial charge in [0.2, 0.25) is 0 Å². The molecule has 0 aliphatic heterocycles. The maximum Gasteiger partial charge on any atom is 0.0804 e. The van der Waals surface area contributed by atoms with E-state index in [2.05, 4.69) is 12.0 Å². The van der Waals surface area contributed by atoms with Crippen LogP contribution in [-0.2, 0) is 18.2 Å². The van der Waals surface area contributed by atoms with E-state index < -0.39 is 0 Å². The monoisotopic (exact) mass is 265 g/mol. The van der Waals surface area contributed by atoms with Crippen molar-refractivity contribution in [1.82, 2.24) is 9.78 Å². The van der Waals surface area contributed by atoms with Gasteiger partial charge in [0.1, 0.15) is 0 Å². The molecule has 1 saturated carbocycles. The summed E-state index contributed by atoms with van der Waals surface area (Å²) in [7, 11) is 1.97. The predicted octanol–water partition coefficient (Wildman–Crippen LogP) is 2.28. The van der Waals surface area contributed by atoms with Crippen molar-refractivity contribution in [3.05, 3.63) is 18.0 Å². The van der Waals surface area contributed by atoms with Crippen LogP contribution in [0.3, 0.4) is 0 Å². The Balaban J connectivity index is 1.81. The Morgan fingerprint density at radius 3 is 2.74 bits per heavy atom. The van der Waals surface area contributed by atoms with Gasteiger partial charge in [-0.25, -0.2) is 0 Å². The molecule has 1 heterocycles. The van der Waals surface area contributed by atoms with Crippen LogP contribution in [-0.4, -0.2) is 28.5 Å². The van der Waals surface area contributed by atoms with Crippen molar-refractivity contribution in [1.29, 1.82) is 0 Å². The van der Waals surface area contributed by atoms with Crippen LogP contribution in [0.2, 0.25) is 0 Å². The van der Waals surface area contributed by atoms with Crippen molar-refractivity contribution in [3.8, 4) is 0 Å². The lowest BCUT2D eigenvalue weighted by Gasteiger charge is -2.39. The molecule has 0 saturated heterocycles. The third kappa shape index (κ3) is 3.57. The molecule has 4 nitrogen and oxygen atoms in total. The molecule has 4 heteroatoms. The highest BCUT2D eigenvalue weighted by atomic mass is 16.5. The van der Waals surface area contributed by atoms with E-state index in [0.717, 1.165) is 31.8 Å². The van der Waals surface area contributed by atoms with E-state index in [1.54, 1.807) is 0 Å². The smallest absolute Gasteiger partial charge is 0.0804 e. The first-order chi connectivity index (χ1) is 9.19. The summed E-state index contributed by atoms with van der Waals surface area (Å²) in [5.41, 5.74) is 7.12. The van der Waals surface area contributed by atoms with Crippen LogP contribution in [0, 0.1) is 5.92 Å². The fourth-order valence-corrected chi connectivity index (χ4v) is 3.04. The standard InChI is InChI=1S/C15H27N3O/c1-3-13-4-8-15(12-16,9-5-13)19-11-7-14-6-10-17-18(14)2/h6,10,13H,3-5,7-9,11-12,16H2,1-2H3. The Bertz CT molecular complexity index is 380. The number of hydrogen-bond acceptors (Lipinski definition) is 3. The zero-order valence-corrected chi connectivity index (χ0v) is 12.3. The molecular formula is C15H27N3O. The molecule has 0 atom stereocenters. The van der Waals surface area contributed by atoms with Crippen LogP contribution in [0.15, 0.2) is 12.3 Å². The molecule has 108 valence electrons. The zero-order valence-electron chi connectivity index (χ0n) is 12.3. The first-order valence-corrected chi connectivity index (χ1v) is 7.50. The van der Waals surface area contributed by atoms with Crippen LogP contribution in [0.5, 0.6) is 0 Å². The highest BCUT2D eigenvalue weighted by Crippen LogP contribution is 2.35. The minimum Gasteiger partial charge on any atom is -0.373 e. The van der Waals surface area contributed by atoms with Crippen molar-refractivity contribution in [2.24, 2.45) is 18.7 Å². The SMILES string of the molecule is CCC1CCC(CN)(OCCc2ccnn2C)CC1. The molecule has 0 bridgehead atoms. The quantitative estimate of drug-likeness (QED) is 0.858. The molecule has 1 aliphatic carbocycles. The number of nitrogens with two attached hydrogens (primary N) is 1. The van der Waals surface area contributed by atoms with Crippen LogP contribution >= 0.6 is 0 Å². The maximum atomic E-state index is 6.17. The third-order valence-electron chi connectivity index (χ3n) is 4.65. The largest absolute Gasteiger partial charge is 0.373 e. The molecule has 2 rings (SSSR count). The first kappa shape index (κ1) is 14.5. The maximum absolute atomic E-state index is 6.17. The van der Waals surface area contributed by atoms with E-state index in [9.17, 15) is 0 Å². The zero-order chi connectivity index (χ0) is 13.7. The summed E-state index contributed by atoms with van der Waals surface area (Å²) in [4.78, 5) is 0. The molecule has 19 heavy (non-hydrogen) atoms. The van der Waals surface area contributed by atoms with Crippen LogP contribution in [0.25, 0.3) is 0 Å². The molecule has 1 fully saturated rings. The van der Waals surface area contributed by atoms with Crippen molar-refractivity contribution in [3.63, 3.8) is 0 Å². The molecule has 0 amide bonds. The van der Waals surface area contributed by atoms with Crippen LogP contribution in [0.4, 0.5) is 0 Å². The van der Waals surface area contributed by atoms with Gasteiger partial charge in [-0.1, -0.05) is 13.3 Å². The first-order valence-electron chi connectivity index (χ1n) is 7.50. The van der Waals surface area contributed by atoms with Crippen molar-refractivity contribution >= 4 is 0 Å². The summed E-state index contributed by atoms with van der Waals surface area (Å²) < 4.78 is 8.08. The van der Waals surface area contributed by atoms with Gasteiger partial charge < -0.3 is 10.5 Å². The van der Waals surface area contributed by atoms with Gasteiger partial charge in [-0.3, -0.25) is 4.68 Å². The Kier molecular flexibility index (Phi) is 4.99. The Labute approximate surface area is 116 Å². The minimum atomic E-state index is -0.0652. The molecule has 0 spiro atoms. The average molecular weight is 265 g/mol. The van der Waals surface area contributed by atoms with E-state index in [4.69, 9.17) is 10.5 Å². The summed E-state index contributed by atoms with van der Waals surface area (Å²) >= 11 is 0. The Morgan fingerprint density at radius 2 is 2.21 bits per heavy atom. The lowest BCUT2D eigenvalue weighted by atomic mass is 9.77. The fourth-order valence-electron chi connectivity index (χ4n) is 3.04. The number of rotatable bonds is 6. The predicted molar refractivity (Wildman–Crippen MR) is 76.9 cm³/mol. The number of nitrogens with zero attached hydrogens (tertiary/aromatic N) is 2. The fraction of sp³-hybridized carbons (Fsp3) is 0.800. The van der Waals surface area contributed by atoms with Crippen LogP contribution < -0.4 is 5.73 Å². The number of ether oxygens (including phenoxy) is 1. The van der Waals surface area contributed by atoms with Gasteiger partial charge in [0.15, 0.2) is 0 Å². The van der Waals surface area contributed by atoms with Gasteiger partial charge in [-0.2, -0.15) is 5.10 Å². The molecular weight excluding hydrogens is 238 g/mol. The lowest BCUT2D eigenvalue weighted by molar-refractivity contribution is -0.0706. The molecule has 1 aromatic rings. The topological polar surface area (TPSA) is 53.1 Å². The molecule has 0 radical (unpaired) electrons. The third-order valence-corrected chi connectivity index (χ3v) is 4.65. The number of aryl methyl sites for hydroxylation is 1. The van der Waals surface area contributed by atoms with E-state index in [1.165, 1.54) is 25.0 Å². The average Bonchev–Trinajstić information content (AvgIpc) is 2.85. The van der Waals surface area contributed by atoms with E-state index in [1.807, 2.05) is 24.0 Å². The molecule has 0 unspecified atom stereocenters. The number of hydrogen-bond donors (Lipinski definition) is 1. The summed E-state index contributed by atoms with van der Waals surface area (Å²) in [5.74, 6) is 0.875. The summed E-state index contributed by atoms with van der Waals surface area (Å²) in [6.07, 6.45) is 8.80. The Hall–Kier alpha value is -0.870. The second-order valence-electron chi connectivity index (χ2n) is 5.78. The summed E-state index contributed by atoms with van der Waals surface area (Å²) in [5, 5.41) is 4.18. The second kappa shape index (κ2) is 6.53. The normalized spacial score (nSPS) is 27.6. The van der Waals surface area contributed by atoms with Gasteiger partial charge >= 0.3 is 0 Å². The van der Waals surface area contributed by atoms with Crippen molar-refractivity contribution in [2.75, 3.05) is 13.2 Å². The van der Waals surface area contributed by atoms with E-state index >= 15 is 0 Å². The molecule has 0 aromatic carbocycles. The van der Waals surface area contributed by atoms with Crippen molar-refractivity contribution in [2.45, 2.75) is 51.0 Å². The van der Waals surface area contributed by atoms with Gasteiger partial charge in [0, 0.05) is 31.9 Å². The molecule has 1 aliphatic rings. The van der Waals surface area contributed by atoms with Crippen LogP contribution in [0.1, 0.15) is 44.7 Å². The molecule has 2 N–H and O–H groups in total. The molecule has 1 aromatic heterocycles. The van der Waals surface area contributed by atoms with Gasteiger partial charge in [-0.15, -0.1) is 0 Å². The second-order valence-corrected chi connectivity index (χ2v) is 5.78.